The van der Waals surface area contributed by atoms with E-state index in [1.54, 1.807) is 0 Å². The average Bonchev–Trinajstić information content (AvgIpc) is 2.98. The first kappa shape index (κ1) is 10.7. The van der Waals surface area contributed by atoms with E-state index in [2.05, 4.69) is 0 Å². The van der Waals surface area contributed by atoms with Crippen molar-refractivity contribution in [2.45, 2.75) is 12.8 Å². The molecule has 0 aliphatic heterocycles. The van der Waals surface area contributed by atoms with Crippen LogP contribution < -0.4 is 10.5 Å². The first-order valence-corrected chi connectivity index (χ1v) is 5.03. The van der Waals surface area contributed by atoms with E-state index >= 15 is 0 Å². The van der Waals surface area contributed by atoms with Crippen LogP contribution in [0.4, 0.5) is 10.1 Å². The standard InChI is InChI=1S/C11H12FNO3/c12-7-3-8(11(14)15)10(9(13)4-7)16-5-6-1-2-6/h3-4,6H,1-2,5,13H2,(H,14,15). The van der Waals surface area contributed by atoms with Crippen molar-refractivity contribution < 1.29 is 19.0 Å². The summed E-state index contributed by atoms with van der Waals surface area (Å²) in [5.74, 6) is -1.36. The van der Waals surface area contributed by atoms with Gasteiger partial charge in [-0.2, -0.15) is 0 Å². The van der Waals surface area contributed by atoms with Gasteiger partial charge in [-0.15, -0.1) is 0 Å². The lowest BCUT2D eigenvalue weighted by atomic mass is 10.1. The number of ether oxygens (including phenoxy) is 1. The Bertz CT molecular complexity index is 429. The number of carboxylic acid groups (broad SMARTS) is 1. The Morgan fingerprint density at radius 3 is 2.81 bits per heavy atom. The minimum atomic E-state index is -1.24. The molecule has 1 aliphatic carbocycles. The molecule has 1 fully saturated rings. The molecular weight excluding hydrogens is 213 g/mol. The number of benzene rings is 1. The number of hydrogen-bond donors (Lipinski definition) is 2. The molecule has 16 heavy (non-hydrogen) atoms. The van der Waals surface area contributed by atoms with Gasteiger partial charge in [-0.05, 0) is 24.8 Å². The summed E-state index contributed by atoms with van der Waals surface area (Å²) in [4.78, 5) is 10.9. The Labute approximate surface area is 91.8 Å². The molecule has 1 aromatic carbocycles. The van der Waals surface area contributed by atoms with E-state index in [1.807, 2.05) is 0 Å². The van der Waals surface area contributed by atoms with Gasteiger partial charge in [0.1, 0.15) is 11.4 Å². The Balaban J connectivity index is 2.27. The lowest BCUT2D eigenvalue weighted by Gasteiger charge is -2.11. The van der Waals surface area contributed by atoms with Crippen molar-refractivity contribution in [3.05, 3.63) is 23.5 Å². The SMILES string of the molecule is Nc1cc(F)cc(C(=O)O)c1OCC1CC1. The van der Waals surface area contributed by atoms with E-state index in [4.69, 9.17) is 15.6 Å². The van der Waals surface area contributed by atoms with E-state index in [1.165, 1.54) is 0 Å². The summed E-state index contributed by atoms with van der Waals surface area (Å²) >= 11 is 0. The maximum atomic E-state index is 13.0. The second-order valence-corrected chi connectivity index (χ2v) is 3.93. The van der Waals surface area contributed by atoms with Crippen molar-refractivity contribution in [1.82, 2.24) is 0 Å². The van der Waals surface area contributed by atoms with Crippen molar-refractivity contribution in [2.75, 3.05) is 12.3 Å². The molecule has 0 amide bonds. The van der Waals surface area contributed by atoms with Crippen LogP contribution in [0.5, 0.6) is 5.75 Å². The summed E-state index contributed by atoms with van der Waals surface area (Å²) < 4.78 is 18.3. The smallest absolute Gasteiger partial charge is 0.339 e. The van der Waals surface area contributed by atoms with Gasteiger partial charge in [0.2, 0.25) is 0 Å². The van der Waals surface area contributed by atoms with Crippen LogP contribution in [-0.2, 0) is 0 Å². The number of carboxylic acids is 1. The van der Waals surface area contributed by atoms with Gasteiger partial charge in [-0.25, -0.2) is 9.18 Å². The van der Waals surface area contributed by atoms with Gasteiger partial charge in [0, 0.05) is 6.07 Å². The van der Waals surface area contributed by atoms with Crippen molar-refractivity contribution in [3.63, 3.8) is 0 Å². The fourth-order valence-electron chi connectivity index (χ4n) is 1.42. The molecule has 0 aromatic heterocycles. The summed E-state index contributed by atoms with van der Waals surface area (Å²) in [6.07, 6.45) is 2.17. The molecule has 1 saturated carbocycles. The number of nitrogen functional groups attached to an aromatic ring is 1. The highest BCUT2D eigenvalue weighted by Crippen LogP contribution is 2.33. The summed E-state index contributed by atoms with van der Waals surface area (Å²) in [6.45, 7) is 0.441. The van der Waals surface area contributed by atoms with Crippen LogP contribution in [0.1, 0.15) is 23.2 Å². The van der Waals surface area contributed by atoms with E-state index in [0.717, 1.165) is 25.0 Å². The molecule has 86 valence electrons. The quantitative estimate of drug-likeness (QED) is 0.767. The van der Waals surface area contributed by atoms with Crippen molar-refractivity contribution in [2.24, 2.45) is 5.92 Å². The van der Waals surface area contributed by atoms with Crippen LogP contribution in [0.2, 0.25) is 0 Å². The van der Waals surface area contributed by atoms with Crippen LogP contribution >= 0.6 is 0 Å². The summed E-state index contributed by atoms with van der Waals surface area (Å²) in [6, 6.07) is 1.98. The highest BCUT2D eigenvalue weighted by atomic mass is 19.1. The molecule has 5 heteroatoms. The predicted molar refractivity (Wildman–Crippen MR) is 56.0 cm³/mol. The third-order valence-electron chi connectivity index (χ3n) is 2.47. The molecular formula is C11H12FNO3. The van der Waals surface area contributed by atoms with Crippen LogP contribution in [0.3, 0.4) is 0 Å². The minimum Gasteiger partial charge on any atom is -0.490 e. The fraction of sp³-hybridized carbons (Fsp3) is 0.364. The molecule has 0 spiro atoms. The van der Waals surface area contributed by atoms with Crippen LogP contribution in [0.25, 0.3) is 0 Å². The lowest BCUT2D eigenvalue weighted by Crippen LogP contribution is -2.08. The maximum Gasteiger partial charge on any atom is 0.339 e. The Morgan fingerprint density at radius 1 is 1.56 bits per heavy atom. The van der Waals surface area contributed by atoms with Gasteiger partial charge < -0.3 is 15.6 Å². The summed E-state index contributed by atoms with van der Waals surface area (Å²) in [7, 11) is 0. The minimum absolute atomic E-state index is 0.0260. The highest BCUT2D eigenvalue weighted by Gasteiger charge is 2.24. The zero-order valence-electron chi connectivity index (χ0n) is 8.57. The molecule has 4 nitrogen and oxygen atoms in total. The third kappa shape index (κ3) is 2.24. The van der Waals surface area contributed by atoms with Gasteiger partial charge in [0.25, 0.3) is 0 Å². The van der Waals surface area contributed by atoms with Crippen molar-refractivity contribution in [1.29, 1.82) is 0 Å². The lowest BCUT2D eigenvalue weighted by molar-refractivity contribution is 0.0691. The maximum absolute atomic E-state index is 13.0. The molecule has 0 saturated heterocycles. The first-order valence-electron chi connectivity index (χ1n) is 5.03. The van der Waals surface area contributed by atoms with E-state index in [9.17, 15) is 9.18 Å². The number of halogens is 1. The molecule has 0 atom stereocenters. The van der Waals surface area contributed by atoms with Crippen molar-refractivity contribution in [3.8, 4) is 5.75 Å². The van der Waals surface area contributed by atoms with Gasteiger partial charge >= 0.3 is 5.97 Å². The molecule has 3 N–H and O–H groups in total. The Morgan fingerprint density at radius 2 is 2.25 bits per heavy atom. The van der Waals surface area contributed by atoms with Crippen LogP contribution in [0.15, 0.2) is 12.1 Å². The predicted octanol–water partition coefficient (Wildman–Crippen LogP) is 1.89. The summed E-state index contributed by atoms with van der Waals surface area (Å²) in [5, 5.41) is 8.89. The number of carbonyl (C=O) groups is 1. The molecule has 0 heterocycles. The van der Waals surface area contributed by atoms with Crippen molar-refractivity contribution >= 4 is 11.7 Å². The molecule has 0 radical (unpaired) electrons. The number of nitrogens with two attached hydrogens (primary N) is 1. The van der Waals surface area contributed by atoms with Crippen LogP contribution in [0, 0.1) is 11.7 Å². The number of hydrogen-bond acceptors (Lipinski definition) is 3. The Kier molecular flexibility index (Phi) is 2.68. The number of aromatic carboxylic acids is 1. The van der Waals surface area contributed by atoms with Gasteiger partial charge in [0.05, 0.1) is 12.3 Å². The second-order valence-electron chi connectivity index (χ2n) is 3.93. The molecule has 1 aliphatic rings. The van der Waals surface area contributed by atoms with E-state index in [0.29, 0.717) is 12.5 Å². The van der Waals surface area contributed by atoms with Gasteiger partial charge in [-0.1, -0.05) is 0 Å². The molecule has 0 bridgehead atoms. The zero-order valence-corrected chi connectivity index (χ0v) is 8.57. The topological polar surface area (TPSA) is 72.6 Å². The first-order chi connectivity index (χ1) is 7.58. The fourth-order valence-corrected chi connectivity index (χ4v) is 1.42. The zero-order chi connectivity index (χ0) is 11.7. The van der Waals surface area contributed by atoms with Gasteiger partial charge in [-0.3, -0.25) is 0 Å². The molecule has 0 unspecified atom stereocenters. The summed E-state index contributed by atoms with van der Waals surface area (Å²) in [5.41, 5.74) is 5.34. The van der Waals surface area contributed by atoms with Crippen LogP contribution in [-0.4, -0.2) is 17.7 Å². The number of rotatable bonds is 4. The number of anilines is 1. The largest absolute Gasteiger partial charge is 0.490 e. The van der Waals surface area contributed by atoms with Gasteiger partial charge in [0.15, 0.2) is 5.75 Å². The monoisotopic (exact) mass is 225 g/mol. The average molecular weight is 225 g/mol. The molecule has 2 rings (SSSR count). The normalized spacial score (nSPS) is 14.8. The highest BCUT2D eigenvalue weighted by molar-refractivity contribution is 5.93. The third-order valence-corrected chi connectivity index (χ3v) is 2.47. The second kappa shape index (κ2) is 4.00. The molecule has 1 aromatic rings. The van der Waals surface area contributed by atoms with E-state index < -0.39 is 11.8 Å². The Hall–Kier alpha value is -1.78. The van der Waals surface area contributed by atoms with E-state index in [-0.39, 0.29) is 17.0 Å².